The molecule has 0 fully saturated rings. The molecule has 0 saturated carbocycles. The molecular weight excluding hydrogens is 196 g/mol. The van der Waals surface area contributed by atoms with Crippen molar-refractivity contribution in [3.05, 3.63) is 23.5 Å². The van der Waals surface area contributed by atoms with Crippen LogP contribution in [-0.2, 0) is 11.3 Å². The Morgan fingerprint density at radius 3 is 3.00 bits per heavy atom. The van der Waals surface area contributed by atoms with Crippen LogP contribution in [0.5, 0.6) is 0 Å². The number of rotatable bonds is 5. The number of aliphatic hydroxyl groups is 1. The first-order valence-electron chi connectivity index (χ1n) is 4.78. The van der Waals surface area contributed by atoms with Crippen molar-refractivity contribution in [2.45, 2.75) is 19.6 Å². The van der Waals surface area contributed by atoms with Gasteiger partial charge < -0.3 is 20.1 Å². The predicted octanol–water partition coefficient (Wildman–Crippen LogP) is 0.272. The third-order valence-corrected chi connectivity index (χ3v) is 1.91. The zero-order valence-electron chi connectivity index (χ0n) is 8.91. The molecule has 84 valence electrons. The molecule has 0 radical (unpaired) electrons. The van der Waals surface area contributed by atoms with Gasteiger partial charge in [0.1, 0.15) is 5.69 Å². The van der Waals surface area contributed by atoms with Crippen molar-refractivity contribution in [1.82, 2.24) is 10.3 Å². The van der Waals surface area contributed by atoms with Gasteiger partial charge >= 0.3 is 5.97 Å². The molecular formula is C10H16N2O3. The molecule has 1 aromatic heterocycles. The number of esters is 1. The van der Waals surface area contributed by atoms with Crippen LogP contribution in [-0.4, -0.2) is 35.8 Å². The van der Waals surface area contributed by atoms with Gasteiger partial charge in [-0.05, 0) is 19.1 Å². The monoisotopic (exact) mass is 212 g/mol. The summed E-state index contributed by atoms with van der Waals surface area (Å²) in [6.07, 6.45) is -0.375. The van der Waals surface area contributed by atoms with Crippen LogP contribution < -0.4 is 5.32 Å². The molecule has 3 N–H and O–H groups in total. The Kier molecular flexibility index (Phi) is 4.33. The van der Waals surface area contributed by atoms with Gasteiger partial charge in [-0.2, -0.15) is 0 Å². The van der Waals surface area contributed by atoms with Crippen LogP contribution in [0.2, 0.25) is 0 Å². The van der Waals surface area contributed by atoms with Crippen LogP contribution in [0, 0.1) is 0 Å². The van der Waals surface area contributed by atoms with Gasteiger partial charge in [0, 0.05) is 18.8 Å². The molecule has 0 bridgehead atoms. The van der Waals surface area contributed by atoms with E-state index in [0.29, 0.717) is 18.8 Å². The van der Waals surface area contributed by atoms with E-state index in [4.69, 9.17) is 5.11 Å². The summed E-state index contributed by atoms with van der Waals surface area (Å²) in [5.74, 6) is -0.378. The van der Waals surface area contributed by atoms with Crippen molar-refractivity contribution in [2.75, 3.05) is 13.7 Å². The second-order valence-corrected chi connectivity index (χ2v) is 3.37. The Bertz CT molecular complexity index is 320. The fraction of sp³-hybridized carbons (Fsp3) is 0.500. The summed E-state index contributed by atoms with van der Waals surface area (Å²) in [5, 5.41) is 12.1. The second kappa shape index (κ2) is 5.53. The van der Waals surface area contributed by atoms with Crippen LogP contribution in [0.25, 0.3) is 0 Å². The summed E-state index contributed by atoms with van der Waals surface area (Å²) in [5.41, 5.74) is 1.32. The average molecular weight is 212 g/mol. The minimum Gasteiger partial charge on any atom is -0.464 e. The molecule has 1 aromatic rings. The van der Waals surface area contributed by atoms with Gasteiger partial charge in [0.15, 0.2) is 0 Å². The first-order chi connectivity index (χ1) is 7.13. The van der Waals surface area contributed by atoms with E-state index in [2.05, 4.69) is 15.0 Å². The van der Waals surface area contributed by atoms with Crippen molar-refractivity contribution in [1.29, 1.82) is 0 Å². The molecule has 0 aromatic carbocycles. The summed E-state index contributed by atoms with van der Waals surface area (Å²) < 4.78 is 4.56. The zero-order chi connectivity index (χ0) is 11.3. The molecule has 0 aliphatic rings. The smallest absolute Gasteiger partial charge is 0.354 e. The van der Waals surface area contributed by atoms with Gasteiger partial charge in [0.25, 0.3) is 0 Å². The normalized spacial score (nSPS) is 12.5. The first-order valence-corrected chi connectivity index (χ1v) is 4.78. The van der Waals surface area contributed by atoms with Gasteiger partial charge in [-0.25, -0.2) is 4.79 Å². The van der Waals surface area contributed by atoms with Crippen LogP contribution >= 0.6 is 0 Å². The minimum absolute atomic E-state index is 0.375. The number of hydrogen-bond acceptors (Lipinski definition) is 4. The van der Waals surface area contributed by atoms with Gasteiger partial charge in [0.05, 0.1) is 13.2 Å². The maximum absolute atomic E-state index is 11.1. The number of H-pyrrole nitrogens is 1. The number of aromatic amines is 1. The number of carbonyl (C=O) groups is 1. The molecule has 0 amide bonds. The number of nitrogens with one attached hydrogen (secondary N) is 2. The largest absolute Gasteiger partial charge is 0.464 e. The fourth-order valence-corrected chi connectivity index (χ4v) is 1.19. The maximum atomic E-state index is 11.1. The average Bonchev–Trinajstić information content (AvgIpc) is 2.65. The molecule has 5 nitrogen and oxygen atoms in total. The van der Waals surface area contributed by atoms with Gasteiger partial charge in [-0.3, -0.25) is 0 Å². The van der Waals surface area contributed by atoms with Crippen molar-refractivity contribution < 1.29 is 14.6 Å². The highest BCUT2D eigenvalue weighted by molar-refractivity contribution is 5.87. The summed E-state index contributed by atoms with van der Waals surface area (Å²) in [6.45, 7) is 2.82. The molecule has 1 atom stereocenters. The van der Waals surface area contributed by atoms with E-state index in [1.54, 1.807) is 19.1 Å². The summed E-state index contributed by atoms with van der Waals surface area (Å²) >= 11 is 0. The molecule has 1 heterocycles. The highest BCUT2D eigenvalue weighted by Crippen LogP contribution is 2.02. The molecule has 0 saturated heterocycles. The summed E-state index contributed by atoms with van der Waals surface area (Å²) in [6, 6.07) is 3.48. The highest BCUT2D eigenvalue weighted by Gasteiger charge is 2.07. The Labute approximate surface area is 88.4 Å². The maximum Gasteiger partial charge on any atom is 0.354 e. The van der Waals surface area contributed by atoms with Crippen LogP contribution in [0.4, 0.5) is 0 Å². The summed E-state index contributed by atoms with van der Waals surface area (Å²) in [7, 11) is 1.34. The standard InChI is InChI=1S/C10H16N2O3/c1-7(13)5-11-6-8-3-4-9(12-8)10(14)15-2/h3-4,7,11-13H,5-6H2,1-2H3. The van der Waals surface area contributed by atoms with Crippen LogP contribution in [0.15, 0.2) is 12.1 Å². The van der Waals surface area contributed by atoms with Crippen molar-refractivity contribution >= 4 is 5.97 Å². The Morgan fingerprint density at radius 2 is 2.40 bits per heavy atom. The lowest BCUT2D eigenvalue weighted by atomic mass is 10.4. The molecule has 15 heavy (non-hydrogen) atoms. The predicted molar refractivity (Wildman–Crippen MR) is 55.5 cm³/mol. The Balaban J connectivity index is 2.43. The SMILES string of the molecule is COC(=O)c1ccc(CNCC(C)O)[nH]1. The van der Waals surface area contributed by atoms with Gasteiger partial charge in [-0.1, -0.05) is 0 Å². The van der Waals surface area contributed by atoms with E-state index in [1.165, 1.54) is 7.11 Å². The van der Waals surface area contributed by atoms with Crippen LogP contribution in [0.3, 0.4) is 0 Å². The van der Waals surface area contributed by atoms with E-state index < -0.39 is 0 Å². The van der Waals surface area contributed by atoms with Crippen molar-refractivity contribution in [2.24, 2.45) is 0 Å². The van der Waals surface area contributed by atoms with Crippen molar-refractivity contribution in [3.8, 4) is 0 Å². The van der Waals surface area contributed by atoms with E-state index in [9.17, 15) is 4.79 Å². The molecule has 1 unspecified atom stereocenters. The summed E-state index contributed by atoms with van der Waals surface area (Å²) in [4.78, 5) is 14.0. The lowest BCUT2D eigenvalue weighted by Gasteiger charge is -2.04. The number of ether oxygens (including phenoxy) is 1. The van der Waals surface area contributed by atoms with Gasteiger partial charge in [0.2, 0.25) is 0 Å². The number of methoxy groups -OCH3 is 1. The molecule has 5 heteroatoms. The first kappa shape index (κ1) is 11.7. The number of hydrogen-bond donors (Lipinski definition) is 3. The molecule has 0 aliphatic carbocycles. The Morgan fingerprint density at radius 1 is 1.67 bits per heavy atom. The van der Waals surface area contributed by atoms with Gasteiger partial charge in [-0.15, -0.1) is 0 Å². The lowest BCUT2D eigenvalue weighted by molar-refractivity contribution is 0.0594. The molecule has 0 aliphatic heterocycles. The zero-order valence-corrected chi connectivity index (χ0v) is 8.91. The van der Waals surface area contributed by atoms with Crippen LogP contribution in [0.1, 0.15) is 23.1 Å². The van der Waals surface area contributed by atoms with E-state index in [0.717, 1.165) is 5.69 Å². The Hall–Kier alpha value is -1.33. The highest BCUT2D eigenvalue weighted by atomic mass is 16.5. The fourth-order valence-electron chi connectivity index (χ4n) is 1.19. The topological polar surface area (TPSA) is 74.3 Å². The third kappa shape index (κ3) is 3.73. The third-order valence-electron chi connectivity index (χ3n) is 1.91. The lowest BCUT2D eigenvalue weighted by Crippen LogP contribution is -2.24. The van der Waals surface area contributed by atoms with Crippen molar-refractivity contribution in [3.63, 3.8) is 0 Å². The second-order valence-electron chi connectivity index (χ2n) is 3.37. The van der Waals surface area contributed by atoms with E-state index in [-0.39, 0.29) is 12.1 Å². The quantitative estimate of drug-likeness (QED) is 0.612. The number of aromatic nitrogens is 1. The van der Waals surface area contributed by atoms with E-state index in [1.807, 2.05) is 0 Å². The molecule has 1 rings (SSSR count). The molecule has 0 spiro atoms. The number of carbonyl (C=O) groups excluding carboxylic acids is 1. The minimum atomic E-state index is -0.378. The number of aliphatic hydroxyl groups excluding tert-OH is 1. The van der Waals surface area contributed by atoms with E-state index >= 15 is 0 Å².